The molecule has 1 aromatic heterocycles. The van der Waals surface area contributed by atoms with Gasteiger partial charge < -0.3 is 10.0 Å². The summed E-state index contributed by atoms with van der Waals surface area (Å²) in [6, 6.07) is 9.48. The Balaban J connectivity index is 1.93. The van der Waals surface area contributed by atoms with E-state index in [1.807, 2.05) is 30.3 Å². The van der Waals surface area contributed by atoms with Crippen molar-refractivity contribution in [3.63, 3.8) is 0 Å². The van der Waals surface area contributed by atoms with Gasteiger partial charge in [-0.3, -0.25) is 9.59 Å². The number of benzene rings is 1. The smallest absolute Gasteiger partial charge is 0.295 e. The third kappa shape index (κ3) is 2.77. The molecule has 1 saturated heterocycles. The van der Waals surface area contributed by atoms with Gasteiger partial charge in [0, 0.05) is 13.1 Å². The van der Waals surface area contributed by atoms with E-state index in [-0.39, 0.29) is 6.54 Å². The summed E-state index contributed by atoms with van der Waals surface area (Å²) in [6.45, 7) is 4.14. The first-order chi connectivity index (χ1) is 11.0. The highest BCUT2D eigenvalue weighted by atomic mass is 16.3. The van der Waals surface area contributed by atoms with Crippen LogP contribution < -0.4 is 0 Å². The van der Waals surface area contributed by atoms with Crippen molar-refractivity contribution in [3.05, 3.63) is 47.3 Å². The molecular weight excluding hydrogens is 294 g/mol. The molecule has 1 N–H and O–H groups in total. The van der Waals surface area contributed by atoms with E-state index in [0.29, 0.717) is 29.9 Å². The van der Waals surface area contributed by atoms with Crippen LogP contribution in [-0.2, 0) is 4.79 Å². The Labute approximate surface area is 134 Å². The van der Waals surface area contributed by atoms with Gasteiger partial charge in [0.1, 0.15) is 0 Å². The van der Waals surface area contributed by atoms with Gasteiger partial charge in [0.25, 0.3) is 11.7 Å². The first kappa shape index (κ1) is 15.4. The number of para-hydroxylation sites is 1. The highest BCUT2D eigenvalue weighted by Crippen LogP contribution is 2.20. The molecule has 1 fully saturated rings. The lowest BCUT2D eigenvalue weighted by Gasteiger charge is -2.14. The lowest BCUT2D eigenvalue weighted by molar-refractivity contribution is -0.125. The van der Waals surface area contributed by atoms with Crippen molar-refractivity contribution in [2.75, 3.05) is 13.1 Å². The van der Waals surface area contributed by atoms with Crippen LogP contribution in [0.2, 0.25) is 0 Å². The van der Waals surface area contributed by atoms with E-state index >= 15 is 0 Å². The fourth-order valence-electron chi connectivity index (χ4n) is 2.97. The zero-order valence-corrected chi connectivity index (χ0v) is 13.2. The predicted octanol–water partition coefficient (Wildman–Crippen LogP) is 1.27. The van der Waals surface area contributed by atoms with Gasteiger partial charge in [-0.05, 0) is 32.4 Å². The first-order valence-corrected chi connectivity index (χ1v) is 7.62. The van der Waals surface area contributed by atoms with E-state index in [4.69, 9.17) is 0 Å². The summed E-state index contributed by atoms with van der Waals surface area (Å²) in [5.41, 5.74) is 2.37. The molecule has 6 heteroatoms. The number of nitrogens with zero attached hydrogens (tertiary/aromatic N) is 3. The van der Waals surface area contributed by atoms with Crippen LogP contribution in [0.5, 0.6) is 0 Å². The summed E-state index contributed by atoms with van der Waals surface area (Å²) in [5, 5.41) is 13.9. The van der Waals surface area contributed by atoms with Crippen LogP contribution in [0.4, 0.5) is 0 Å². The highest BCUT2D eigenvalue weighted by molar-refractivity contribution is 6.43. The predicted molar refractivity (Wildman–Crippen MR) is 84.6 cm³/mol. The van der Waals surface area contributed by atoms with Gasteiger partial charge in [-0.1, -0.05) is 18.2 Å². The fraction of sp³-hybridized carbons (Fsp3) is 0.353. The zero-order chi connectivity index (χ0) is 16.6. The van der Waals surface area contributed by atoms with Crippen molar-refractivity contribution in [1.82, 2.24) is 14.7 Å². The number of carbonyl (C=O) groups is 2. The van der Waals surface area contributed by atoms with Gasteiger partial charge in [-0.2, -0.15) is 5.10 Å². The number of aryl methyl sites for hydroxylation is 1. The third-order valence-corrected chi connectivity index (χ3v) is 4.16. The lowest BCUT2D eigenvalue weighted by atomic mass is 10.1. The van der Waals surface area contributed by atoms with E-state index in [0.717, 1.165) is 5.69 Å². The van der Waals surface area contributed by atoms with E-state index in [2.05, 4.69) is 5.10 Å². The van der Waals surface area contributed by atoms with Crippen molar-refractivity contribution in [2.45, 2.75) is 26.4 Å². The van der Waals surface area contributed by atoms with Crippen LogP contribution in [0.1, 0.15) is 28.2 Å². The number of aliphatic hydroxyl groups excluding tert-OH is 1. The third-order valence-electron chi connectivity index (χ3n) is 4.16. The molecule has 0 aliphatic carbocycles. The molecule has 0 radical (unpaired) electrons. The number of ketones is 1. The van der Waals surface area contributed by atoms with Crippen LogP contribution in [0.3, 0.4) is 0 Å². The van der Waals surface area contributed by atoms with E-state index in [9.17, 15) is 14.7 Å². The Bertz CT molecular complexity index is 752. The monoisotopic (exact) mass is 313 g/mol. The van der Waals surface area contributed by atoms with Crippen molar-refractivity contribution >= 4 is 11.7 Å². The van der Waals surface area contributed by atoms with E-state index < -0.39 is 17.8 Å². The van der Waals surface area contributed by atoms with Crippen LogP contribution in [0, 0.1) is 13.8 Å². The summed E-state index contributed by atoms with van der Waals surface area (Å²) in [6.07, 6.45) is -0.0266. The first-order valence-electron chi connectivity index (χ1n) is 7.62. The topological polar surface area (TPSA) is 75.4 Å². The SMILES string of the molecule is Cc1nn(-c2ccccc2)c(C)c1C(=O)C(=O)N1CC[C@@H](O)C1. The van der Waals surface area contributed by atoms with Crippen LogP contribution in [0.25, 0.3) is 5.69 Å². The maximum absolute atomic E-state index is 12.6. The van der Waals surface area contributed by atoms with Crippen LogP contribution >= 0.6 is 0 Å². The molecule has 0 bridgehead atoms. The minimum Gasteiger partial charge on any atom is -0.391 e. The summed E-state index contributed by atoms with van der Waals surface area (Å²) in [5.74, 6) is -1.13. The molecule has 3 rings (SSSR count). The standard InChI is InChI=1S/C17H19N3O3/c1-11-15(16(22)17(23)19-9-8-14(21)10-19)12(2)20(18-11)13-6-4-3-5-7-13/h3-7,14,21H,8-10H2,1-2H3/t14-/m1/s1. The van der Waals surface area contributed by atoms with Gasteiger partial charge in [-0.15, -0.1) is 0 Å². The number of likely N-dealkylation sites (tertiary alicyclic amines) is 1. The second-order valence-electron chi connectivity index (χ2n) is 5.82. The molecule has 6 nitrogen and oxygen atoms in total. The normalized spacial score (nSPS) is 17.5. The van der Waals surface area contributed by atoms with Crippen molar-refractivity contribution in [2.24, 2.45) is 0 Å². The second kappa shape index (κ2) is 5.96. The maximum Gasteiger partial charge on any atom is 0.295 e. The summed E-state index contributed by atoms with van der Waals surface area (Å²) >= 11 is 0. The molecule has 0 saturated carbocycles. The Morgan fingerprint density at radius 3 is 2.52 bits per heavy atom. The summed E-state index contributed by atoms with van der Waals surface area (Å²) in [4.78, 5) is 26.4. The van der Waals surface area contributed by atoms with Gasteiger partial charge in [0.15, 0.2) is 0 Å². The van der Waals surface area contributed by atoms with Crippen LogP contribution in [-0.4, -0.2) is 50.7 Å². The molecule has 1 aliphatic rings. The second-order valence-corrected chi connectivity index (χ2v) is 5.82. The molecule has 1 amide bonds. The molecule has 23 heavy (non-hydrogen) atoms. The van der Waals surface area contributed by atoms with Gasteiger partial charge >= 0.3 is 0 Å². The average molecular weight is 313 g/mol. The average Bonchev–Trinajstić information content (AvgIpc) is 3.10. The minimum absolute atomic E-state index is 0.218. The van der Waals surface area contributed by atoms with Crippen molar-refractivity contribution < 1.29 is 14.7 Å². The quantitative estimate of drug-likeness (QED) is 0.684. The fourth-order valence-corrected chi connectivity index (χ4v) is 2.97. The molecule has 0 spiro atoms. The Kier molecular flexibility index (Phi) is 4.00. The number of aromatic nitrogens is 2. The number of Topliss-reactive ketones (excluding diaryl/α,β-unsaturated/α-hetero) is 1. The van der Waals surface area contributed by atoms with Crippen molar-refractivity contribution in [3.8, 4) is 5.69 Å². The molecule has 2 heterocycles. The molecular formula is C17H19N3O3. The van der Waals surface area contributed by atoms with Gasteiger partial charge in [-0.25, -0.2) is 4.68 Å². The number of β-amino-alcohol motifs (C(OH)–C–C–N with tert-alkyl or cyclic N) is 1. The molecule has 0 unspecified atom stereocenters. The minimum atomic E-state index is -0.569. The lowest BCUT2D eigenvalue weighted by Crippen LogP contribution is -2.35. The number of hydrogen-bond donors (Lipinski definition) is 1. The van der Waals surface area contributed by atoms with E-state index in [1.54, 1.807) is 18.5 Å². The maximum atomic E-state index is 12.6. The highest BCUT2D eigenvalue weighted by Gasteiger charge is 2.32. The van der Waals surface area contributed by atoms with E-state index in [1.165, 1.54) is 4.90 Å². The number of hydrogen-bond acceptors (Lipinski definition) is 4. The number of amides is 1. The van der Waals surface area contributed by atoms with Gasteiger partial charge in [0.05, 0.1) is 28.7 Å². The number of carbonyl (C=O) groups excluding carboxylic acids is 2. The summed E-state index contributed by atoms with van der Waals surface area (Å²) in [7, 11) is 0. The summed E-state index contributed by atoms with van der Waals surface area (Å²) < 4.78 is 1.68. The molecule has 1 atom stereocenters. The Hall–Kier alpha value is -2.47. The Morgan fingerprint density at radius 2 is 1.91 bits per heavy atom. The number of rotatable bonds is 3. The van der Waals surface area contributed by atoms with Crippen molar-refractivity contribution in [1.29, 1.82) is 0 Å². The molecule has 2 aromatic rings. The molecule has 120 valence electrons. The van der Waals surface area contributed by atoms with Crippen LogP contribution in [0.15, 0.2) is 30.3 Å². The molecule has 1 aliphatic heterocycles. The largest absolute Gasteiger partial charge is 0.391 e. The van der Waals surface area contributed by atoms with Gasteiger partial charge in [0.2, 0.25) is 0 Å². The zero-order valence-electron chi connectivity index (χ0n) is 13.2. The number of aliphatic hydroxyl groups is 1. The molecule has 1 aromatic carbocycles. The Morgan fingerprint density at radius 1 is 1.22 bits per heavy atom.